The summed E-state index contributed by atoms with van der Waals surface area (Å²) in [5.41, 5.74) is 0.758. The standard InChI is InChI=1S/C11H8O.C2H6O5S/c12-8-10-6-3-5-9-4-1-2-7-11(9)10;3-1-2-7-8(4,5)6/h1-8H;3H,1-2H2,(H,4,5,6). The zero-order valence-corrected chi connectivity index (χ0v) is 11.3. The van der Waals surface area contributed by atoms with Crippen LogP contribution in [0.25, 0.3) is 10.8 Å². The van der Waals surface area contributed by atoms with Crippen molar-refractivity contribution >= 4 is 27.5 Å². The van der Waals surface area contributed by atoms with Crippen molar-refractivity contribution in [3.8, 4) is 0 Å². The van der Waals surface area contributed by atoms with Crippen LogP contribution in [0.2, 0.25) is 0 Å². The van der Waals surface area contributed by atoms with Gasteiger partial charge in [0.25, 0.3) is 0 Å². The van der Waals surface area contributed by atoms with Gasteiger partial charge in [-0.05, 0) is 10.8 Å². The van der Waals surface area contributed by atoms with Crippen molar-refractivity contribution in [2.75, 3.05) is 13.2 Å². The Bertz CT molecular complexity index is 660. The maximum atomic E-state index is 10.6. The second-order valence-corrected chi connectivity index (χ2v) is 4.75. The molecule has 0 atom stereocenters. The molecular formula is C13H14O6S. The molecule has 0 fully saturated rings. The van der Waals surface area contributed by atoms with Crippen LogP contribution < -0.4 is 0 Å². The van der Waals surface area contributed by atoms with Crippen molar-refractivity contribution < 1.29 is 27.1 Å². The van der Waals surface area contributed by atoms with Crippen LogP contribution in [-0.2, 0) is 14.6 Å². The monoisotopic (exact) mass is 298 g/mol. The van der Waals surface area contributed by atoms with Crippen molar-refractivity contribution in [1.82, 2.24) is 0 Å². The molecule has 0 saturated heterocycles. The summed E-state index contributed by atoms with van der Waals surface area (Å²) < 4.78 is 30.7. The molecule has 0 amide bonds. The Morgan fingerprint density at radius 1 is 1.10 bits per heavy atom. The maximum absolute atomic E-state index is 10.6. The van der Waals surface area contributed by atoms with Gasteiger partial charge in [-0.3, -0.25) is 9.35 Å². The van der Waals surface area contributed by atoms with Gasteiger partial charge in [0.2, 0.25) is 0 Å². The van der Waals surface area contributed by atoms with Gasteiger partial charge in [-0.15, -0.1) is 0 Å². The molecule has 0 unspecified atom stereocenters. The van der Waals surface area contributed by atoms with E-state index in [4.69, 9.17) is 9.66 Å². The zero-order chi connectivity index (χ0) is 15.0. The Morgan fingerprint density at radius 2 is 1.75 bits per heavy atom. The highest BCUT2D eigenvalue weighted by molar-refractivity contribution is 7.80. The first-order valence-electron chi connectivity index (χ1n) is 5.63. The van der Waals surface area contributed by atoms with Crippen molar-refractivity contribution in [1.29, 1.82) is 0 Å². The van der Waals surface area contributed by atoms with Crippen LogP contribution in [0.5, 0.6) is 0 Å². The number of hydrogen-bond acceptors (Lipinski definition) is 5. The quantitative estimate of drug-likeness (QED) is 0.654. The number of aliphatic hydroxyl groups is 1. The van der Waals surface area contributed by atoms with Crippen molar-refractivity contribution in [2.24, 2.45) is 0 Å². The van der Waals surface area contributed by atoms with Crippen molar-refractivity contribution in [2.45, 2.75) is 0 Å². The number of aliphatic hydroxyl groups excluding tert-OH is 1. The van der Waals surface area contributed by atoms with E-state index in [1.165, 1.54) is 0 Å². The summed E-state index contributed by atoms with van der Waals surface area (Å²) in [6.07, 6.45) is 0.891. The second-order valence-electron chi connectivity index (χ2n) is 3.66. The van der Waals surface area contributed by atoms with Gasteiger partial charge in [0.15, 0.2) is 6.29 Å². The van der Waals surface area contributed by atoms with Gasteiger partial charge in [-0.25, -0.2) is 4.18 Å². The summed E-state index contributed by atoms with van der Waals surface area (Å²) in [5.74, 6) is 0. The fraction of sp³-hybridized carbons (Fsp3) is 0.154. The predicted octanol–water partition coefficient (Wildman–Crippen LogP) is 1.45. The lowest BCUT2D eigenvalue weighted by molar-refractivity contribution is 0.112. The number of fused-ring (bicyclic) bond motifs is 1. The molecule has 0 heterocycles. The first-order chi connectivity index (χ1) is 9.48. The normalized spacial score (nSPS) is 10.7. The molecule has 0 radical (unpaired) electrons. The van der Waals surface area contributed by atoms with Gasteiger partial charge < -0.3 is 5.11 Å². The lowest BCUT2D eigenvalue weighted by Gasteiger charge is -1.98. The van der Waals surface area contributed by atoms with E-state index in [-0.39, 0.29) is 0 Å². The minimum absolute atomic E-state index is 0.404. The Kier molecular flexibility index (Phi) is 6.26. The van der Waals surface area contributed by atoms with Crippen LogP contribution in [-0.4, -0.2) is 37.6 Å². The van der Waals surface area contributed by atoms with E-state index in [9.17, 15) is 13.2 Å². The summed E-state index contributed by atoms with van der Waals surface area (Å²) in [6.45, 7) is -0.835. The molecule has 0 aliphatic carbocycles. The Labute approximate surface area is 116 Å². The average molecular weight is 298 g/mol. The van der Waals surface area contributed by atoms with E-state index in [1.54, 1.807) is 0 Å². The first-order valence-corrected chi connectivity index (χ1v) is 7.00. The number of hydrogen-bond donors (Lipinski definition) is 2. The summed E-state index contributed by atoms with van der Waals surface area (Å²) in [6, 6.07) is 13.6. The molecule has 20 heavy (non-hydrogen) atoms. The Morgan fingerprint density at radius 3 is 2.30 bits per heavy atom. The van der Waals surface area contributed by atoms with Crippen LogP contribution in [0.4, 0.5) is 0 Å². The van der Waals surface area contributed by atoms with E-state index in [1.807, 2.05) is 42.5 Å². The fourth-order valence-electron chi connectivity index (χ4n) is 1.50. The lowest BCUT2D eigenvalue weighted by Crippen LogP contribution is -2.06. The summed E-state index contributed by atoms with van der Waals surface area (Å²) in [7, 11) is -4.35. The first kappa shape index (κ1) is 16.3. The van der Waals surface area contributed by atoms with E-state index in [2.05, 4.69) is 4.18 Å². The highest BCUT2D eigenvalue weighted by atomic mass is 32.3. The molecule has 2 aromatic carbocycles. The van der Waals surface area contributed by atoms with E-state index >= 15 is 0 Å². The van der Waals surface area contributed by atoms with Crippen LogP contribution in [0.3, 0.4) is 0 Å². The predicted molar refractivity (Wildman–Crippen MR) is 73.9 cm³/mol. The molecule has 2 N–H and O–H groups in total. The largest absolute Gasteiger partial charge is 0.397 e. The number of carbonyl (C=O) groups excluding carboxylic acids is 1. The van der Waals surface area contributed by atoms with Gasteiger partial charge >= 0.3 is 10.4 Å². The fourth-order valence-corrected chi connectivity index (χ4v) is 1.78. The summed E-state index contributed by atoms with van der Waals surface area (Å²) in [5, 5.41) is 10.1. The highest BCUT2D eigenvalue weighted by Gasteiger charge is 2.00. The van der Waals surface area contributed by atoms with Crippen molar-refractivity contribution in [3.63, 3.8) is 0 Å². The second kappa shape index (κ2) is 7.71. The highest BCUT2D eigenvalue weighted by Crippen LogP contribution is 2.16. The molecule has 2 aromatic rings. The van der Waals surface area contributed by atoms with E-state index in [0.717, 1.165) is 22.6 Å². The van der Waals surface area contributed by atoms with Gasteiger partial charge in [-0.1, -0.05) is 42.5 Å². The summed E-state index contributed by atoms with van der Waals surface area (Å²) >= 11 is 0. The Balaban J connectivity index is 0.000000221. The van der Waals surface area contributed by atoms with Crippen molar-refractivity contribution in [3.05, 3.63) is 48.0 Å². The molecule has 2 rings (SSSR count). The van der Waals surface area contributed by atoms with Crippen LogP contribution in [0.1, 0.15) is 10.4 Å². The van der Waals surface area contributed by atoms with Crippen LogP contribution in [0.15, 0.2) is 42.5 Å². The molecule has 108 valence electrons. The molecule has 0 aromatic heterocycles. The molecule has 0 bridgehead atoms. The van der Waals surface area contributed by atoms with Gasteiger partial charge in [0, 0.05) is 5.56 Å². The SMILES string of the molecule is O=Cc1cccc2ccccc12.O=S(=O)(O)OCCO. The minimum atomic E-state index is -4.35. The van der Waals surface area contributed by atoms with E-state index < -0.39 is 23.6 Å². The average Bonchev–Trinajstić information content (AvgIpc) is 2.44. The third-order valence-electron chi connectivity index (χ3n) is 2.27. The van der Waals surface area contributed by atoms with Gasteiger partial charge in [0.05, 0.1) is 13.2 Å². The summed E-state index contributed by atoms with van der Waals surface area (Å²) in [4.78, 5) is 10.6. The van der Waals surface area contributed by atoms with E-state index in [0.29, 0.717) is 0 Å². The number of aldehydes is 1. The topological polar surface area (TPSA) is 101 Å². The van der Waals surface area contributed by atoms with Gasteiger partial charge in [0.1, 0.15) is 0 Å². The third kappa shape index (κ3) is 5.45. The molecule has 6 nitrogen and oxygen atoms in total. The molecular weight excluding hydrogens is 284 g/mol. The zero-order valence-electron chi connectivity index (χ0n) is 10.5. The lowest BCUT2D eigenvalue weighted by atomic mass is 10.1. The molecule has 7 heteroatoms. The molecule has 0 aliphatic heterocycles. The Hall–Kier alpha value is -1.80. The van der Waals surface area contributed by atoms with Gasteiger partial charge in [-0.2, -0.15) is 8.42 Å². The minimum Gasteiger partial charge on any atom is -0.394 e. The number of benzene rings is 2. The number of carbonyl (C=O) groups is 1. The third-order valence-corrected chi connectivity index (χ3v) is 2.74. The smallest absolute Gasteiger partial charge is 0.394 e. The van der Waals surface area contributed by atoms with Crippen LogP contribution >= 0.6 is 0 Å². The molecule has 0 aliphatic rings. The molecule has 0 spiro atoms. The number of rotatable bonds is 4. The van der Waals surface area contributed by atoms with Crippen LogP contribution in [0, 0.1) is 0 Å². The maximum Gasteiger partial charge on any atom is 0.397 e. The molecule has 0 saturated carbocycles.